The third-order valence-corrected chi connectivity index (χ3v) is 7.74. The summed E-state index contributed by atoms with van der Waals surface area (Å²) in [6.45, 7) is 6.35. The Morgan fingerprint density at radius 3 is 2.24 bits per heavy atom. The summed E-state index contributed by atoms with van der Waals surface area (Å²) in [5.41, 5.74) is -3.49. The molecule has 3 fully saturated rings. The maximum atomic E-state index is 13.6. The number of thiocarbonyl (C=S) groups is 1. The summed E-state index contributed by atoms with van der Waals surface area (Å²) in [6.07, 6.45) is 1.24. The Bertz CT molecular complexity index is 1440. The van der Waals surface area contributed by atoms with E-state index < -0.39 is 34.5 Å². The van der Waals surface area contributed by atoms with Crippen molar-refractivity contribution in [3.63, 3.8) is 0 Å². The Morgan fingerprint density at radius 1 is 1.10 bits per heavy atom. The number of piperidine rings is 1. The molecule has 3 aliphatic rings. The molecule has 11 nitrogen and oxygen atoms in total. The minimum Gasteiger partial charge on any atom is -0.460 e. The summed E-state index contributed by atoms with van der Waals surface area (Å²) in [5.74, 6) is -0.476. The van der Waals surface area contributed by atoms with Crippen LogP contribution in [0.3, 0.4) is 0 Å². The first kappa shape index (κ1) is 29.4. The Balaban J connectivity index is 1.31. The van der Waals surface area contributed by atoms with E-state index in [9.17, 15) is 22.8 Å². The van der Waals surface area contributed by atoms with Crippen molar-refractivity contribution in [2.45, 2.75) is 76.3 Å². The number of pyridine rings is 1. The fourth-order valence-corrected chi connectivity index (χ4v) is 5.68. The van der Waals surface area contributed by atoms with Gasteiger partial charge in [0.2, 0.25) is 0 Å². The molecule has 0 N–H and O–H groups in total. The molecule has 1 aliphatic carbocycles. The largest absolute Gasteiger partial charge is 0.460 e. The van der Waals surface area contributed by atoms with Crippen molar-refractivity contribution in [1.29, 1.82) is 5.26 Å². The highest BCUT2D eigenvalue weighted by Gasteiger charge is 2.60. The topological polar surface area (TPSA) is 125 Å². The number of alkyl halides is 3. The molecule has 0 aromatic carbocycles. The first-order valence-electron chi connectivity index (χ1n) is 13.4. The molecule has 1 spiro atoms. The first-order chi connectivity index (χ1) is 19.7. The van der Waals surface area contributed by atoms with Gasteiger partial charge in [0.1, 0.15) is 23.3 Å². The zero-order valence-corrected chi connectivity index (χ0v) is 24.0. The van der Waals surface area contributed by atoms with Crippen molar-refractivity contribution in [2.24, 2.45) is 0 Å². The quantitative estimate of drug-likeness (QED) is 0.458. The number of likely N-dealkylation sites (tertiary alicyclic amines) is 1. The van der Waals surface area contributed by atoms with E-state index in [1.807, 2.05) is 20.8 Å². The molecule has 0 bridgehead atoms. The number of halogens is 3. The summed E-state index contributed by atoms with van der Waals surface area (Å²) in [7, 11) is 0. The molecule has 42 heavy (non-hydrogen) atoms. The normalized spacial score (nSPS) is 19.1. The maximum absolute atomic E-state index is 13.6. The number of carbonyl (C=O) groups excluding carboxylic acids is 2. The van der Waals surface area contributed by atoms with Crippen LogP contribution in [0.15, 0.2) is 24.7 Å². The van der Waals surface area contributed by atoms with E-state index >= 15 is 0 Å². The second-order valence-corrected chi connectivity index (χ2v) is 11.7. The molecule has 222 valence electrons. The van der Waals surface area contributed by atoms with Crippen LogP contribution in [0.25, 0.3) is 0 Å². The van der Waals surface area contributed by atoms with Crippen molar-refractivity contribution >= 4 is 40.7 Å². The summed E-state index contributed by atoms with van der Waals surface area (Å²) < 4.78 is 52.1. The second kappa shape index (κ2) is 10.6. The molecule has 2 aromatic rings. The second-order valence-electron chi connectivity index (χ2n) is 11.4. The van der Waals surface area contributed by atoms with E-state index in [-0.39, 0.29) is 29.0 Å². The van der Waals surface area contributed by atoms with Gasteiger partial charge in [-0.05, 0) is 58.3 Å². The van der Waals surface area contributed by atoms with Crippen molar-refractivity contribution < 1.29 is 32.2 Å². The molecule has 4 heterocycles. The maximum Gasteiger partial charge on any atom is 0.419 e. The number of hydrogen-bond acceptors (Lipinski definition) is 9. The van der Waals surface area contributed by atoms with E-state index in [4.69, 9.17) is 27.0 Å². The van der Waals surface area contributed by atoms with E-state index in [1.165, 1.54) is 18.5 Å². The molecule has 2 aliphatic heterocycles. The molecule has 1 saturated carbocycles. The van der Waals surface area contributed by atoms with Crippen LogP contribution in [0.5, 0.6) is 6.01 Å². The van der Waals surface area contributed by atoms with Crippen molar-refractivity contribution in [3.05, 3.63) is 35.9 Å². The van der Waals surface area contributed by atoms with Gasteiger partial charge in [-0.2, -0.15) is 18.4 Å². The van der Waals surface area contributed by atoms with Crippen LogP contribution < -0.4 is 14.5 Å². The van der Waals surface area contributed by atoms with Gasteiger partial charge in [0, 0.05) is 25.9 Å². The van der Waals surface area contributed by atoms with Crippen molar-refractivity contribution in [3.8, 4) is 12.1 Å². The van der Waals surface area contributed by atoms with Gasteiger partial charge in [0.25, 0.3) is 5.91 Å². The van der Waals surface area contributed by atoms with E-state index in [0.717, 1.165) is 17.5 Å². The number of ether oxygens (including phenoxy) is 2. The van der Waals surface area contributed by atoms with Crippen LogP contribution >= 0.6 is 12.2 Å². The lowest BCUT2D eigenvalue weighted by molar-refractivity contribution is -0.138. The number of anilines is 2. The van der Waals surface area contributed by atoms with E-state index in [1.54, 1.807) is 9.80 Å². The highest BCUT2D eigenvalue weighted by atomic mass is 32.1. The average Bonchev–Trinajstić information content (AvgIpc) is 3.14. The van der Waals surface area contributed by atoms with E-state index in [0.29, 0.717) is 50.5 Å². The van der Waals surface area contributed by atoms with Gasteiger partial charge in [-0.25, -0.2) is 19.7 Å². The Morgan fingerprint density at radius 2 is 1.71 bits per heavy atom. The van der Waals surface area contributed by atoms with Crippen LogP contribution in [0.1, 0.15) is 64.1 Å². The zero-order chi connectivity index (χ0) is 30.4. The molecule has 2 amide bonds. The molecule has 2 aromatic heterocycles. The van der Waals surface area contributed by atoms with Crippen LogP contribution in [0, 0.1) is 11.3 Å². The van der Waals surface area contributed by atoms with Crippen LogP contribution in [0.2, 0.25) is 0 Å². The van der Waals surface area contributed by atoms with Gasteiger partial charge in [-0.3, -0.25) is 14.6 Å². The molecular formula is C27H28F3N7O4S. The number of amides is 2. The van der Waals surface area contributed by atoms with Gasteiger partial charge in [0.05, 0.1) is 35.5 Å². The highest BCUT2D eigenvalue weighted by molar-refractivity contribution is 7.81. The standard InChI is InChI=1S/C27H28F3N7O4S/c1-25(2,3)41-24(39)35-9-5-18(6-10-35)40-22-33-14-17(15-34-22)37-23(42)36(21(38)26(37)7-4-8-26)16-11-19(27(28,29)30)20(12-31)32-13-16/h11,13-15,18H,4-10H2,1-3H3. The number of hydrogen-bond donors (Lipinski definition) is 0. The monoisotopic (exact) mass is 603 g/mol. The Hall–Kier alpha value is -4.06. The summed E-state index contributed by atoms with van der Waals surface area (Å²) in [4.78, 5) is 42.4. The third kappa shape index (κ3) is 5.42. The zero-order valence-electron chi connectivity index (χ0n) is 23.1. The molecule has 15 heteroatoms. The number of aromatic nitrogens is 3. The molecule has 0 radical (unpaired) electrons. The minimum absolute atomic E-state index is 0.0360. The molecule has 5 rings (SSSR count). The van der Waals surface area contributed by atoms with Crippen LogP contribution in [-0.2, 0) is 15.7 Å². The third-order valence-electron chi connectivity index (χ3n) is 7.37. The summed E-state index contributed by atoms with van der Waals surface area (Å²) in [5, 5.41) is 9.05. The molecule has 0 unspecified atom stereocenters. The smallest absolute Gasteiger partial charge is 0.419 e. The number of nitrogens with zero attached hydrogens (tertiary/aromatic N) is 7. The molecule has 0 atom stereocenters. The van der Waals surface area contributed by atoms with Gasteiger partial charge < -0.3 is 14.4 Å². The lowest BCUT2D eigenvalue weighted by Gasteiger charge is -2.42. The van der Waals surface area contributed by atoms with Gasteiger partial charge in [-0.1, -0.05) is 0 Å². The summed E-state index contributed by atoms with van der Waals surface area (Å²) in [6, 6.07) is 2.26. The Labute approximate surface area is 245 Å². The van der Waals surface area contributed by atoms with Crippen molar-refractivity contribution in [2.75, 3.05) is 22.9 Å². The number of carbonyl (C=O) groups is 2. The number of rotatable bonds is 4. The minimum atomic E-state index is -4.84. The fraction of sp³-hybridized carbons (Fsp3) is 0.519. The predicted octanol–water partition coefficient (Wildman–Crippen LogP) is 4.60. The van der Waals surface area contributed by atoms with Crippen LogP contribution in [0.4, 0.5) is 29.3 Å². The SMILES string of the molecule is CC(C)(C)OC(=O)N1CCC(Oc2ncc(N3C(=S)N(c4cnc(C#N)c(C(F)(F)F)c4)C(=O)C34CCC4)cn2)CC1. The van der Waals surface area contributed by atoms with Crippen LogP contribution in [-0.4, -0.2) is 67.3 Å². The van der Waals surface area contributed by atoms with Gasteiger partial charge in [-0.15, -0.1) is 0 Å². The van der Waals surface area contributed by atoms with Crippen molar-refractivity contribution in [1.82, 2.24) is 19.9 Å². The Kier molecular flexibility index (Phi) is 7.46. The molecular weight excluding hydrogens is 575 g/mol. The van der Waals surface area contributed by atoms with Gasteiger partial charge in [0.15, 0.2) is 10.8 Å². The van der Waals surface area contributed by atoms with E-state index in [2.05, 4.69) is 15.0 Å². The highest BCUT2D eigenvalue weighted by Crippen LogP contribution is 2.48. The molecule has 2 saturated heterocycles. The first-order valence-corrected chi connectivity index (χ1v) is 13.8. The average molecular weight is 604 g/mol. The predicted molar refractivity (Wildman–Crippen MR) is 147 cm³/mol. The lowest BCUT2D eigenvalue weighted by Crippen LogP contribution is -2.55. The number of nitriles is 1. The fourth-order valence-electron chi connectivity index (χ4n) is 5.21. The lowest BCUT2D eigenvalue weighted by atomic mass is 9.75. The van der Waals surface area contributed by atoms with Gasteiger partial charge >= 0.3 is 18.3 Å². The summed E-state index contributed by atoms with van der Waals surface area (Å²) >= 11 is 5.61.